The fraction of sp³-hybridized carbons (Fsp3) is 0.538. The molecule has 1 aromatic carbocycles. The summed E-state index contributed by atoms with van der Waals surface area (Å²) in [6, 6.07) is 8.68. The van der Waals surface area contributed by atoms with Crippen LogP contribution in [-0.2, 0) is 20.2 Å². The Morgan fingerprint density at radius 1 is 1.18 bits per heavy atom. The number of rotatable bonds is 5. The summed E-state index contributed by atoms with van der Waals surface area (Å²) in [6.07, 6.45) is -4.16. The normalized spacial score (nSPS) is 35.0. The highest BCUT2D eigenvalue weighted by molar-refractivity contribution is 8.00. The summed E-state index contributed by atoms with van der Waals surface area (Å²) in [4.78, 5) is 11.8. The molecule has 0 aliphatic carbocycles. The molecule has 0 spiro atoms. The van der Waals surface area contributed by atoms with Gasteiger partial charge >= 0.3 is 0 Å². The van der Waals surface area contributed by atoms with Gasteiger partial charge in [-0.05, 0) is 5.56 Å². The zero-order valence-electron chi connectivity index (χ0n) is 11.8. The number of hydrogen-bond donors (Lipinski definition) is 3. The van der Waals surface area contributed by atoms with Gasteiger partial charge in [0.05, 0.1) is 12.7 Å². The van der Waals surface area contributed by atoms with Crippen molar-refractivity contribution in [2.75, 3.05) is 0 Å². The molecule has 9 heteroatoms. The molecule has 0 bridgehead atoms. The van der Waals surface area contributed by atoms with Crippen LogP contribution in [0.3, 0.4) is 0 Å². The van der Waals surface area contributed by atoms with Crippen LogP contribution in [0.4, 0.5) is 0 Å². The second kappa shape index (κ2) is 7.42. The molecule has 6 unspecified atom stereocenters. The molecule has 1 heterocycles. The van der Waals surface area contributed by atoms with Gasteiger partial charge in [0.2, 0.25) is 0 Å². The van der Waals surface area contributed by atoms with E-state index in [0.717, 1.165) is 11.8 Å². The minimum Gasteiger partial charge on any atom is -0.756 e. The van der Waals surface area contributed by atoms with Crippen molar-refractivity contribution in [1.29, 1.82) is 0 Å². The molecule has 0 aromatic heterocycles. The maximum absolute atomic E-state index is 11.8. The molecule has 6 atom stereocenters. The summed E-state index contributed by atoms with van der Waals surface area (Å²) in [7, 11) is -4.66. The van der Waals surface area contributed by atoms with Crippen molar-refractivity contribution in [2.45, 2.75) is 42.5 Å². The first-order valence-corrected chi connectivity index (χ1v) is 9.08. The third-order valence-corrected chi connectivity index (χ3v) is 5.70. The number of thioether (sulfide) groups is 1. The minimum atomic E-state index is -4.66. The lowest BCUT2D eigenvalue weighted by atomic mass is 10.1. The Bertz CT molecular complexity index is 528. The van der Waals surface area contributed by atoms with E-state index in [0.29, 0.717) is 5.56 Å². The monoisotopic (exact) mass is 349 g/mol. The van der Waals surface area contributed by atoms with E-state index >= 15 is 0 Å². The van der Waals surface area contributed by atoms with Crippen LogP contribution in [0.5, 0.6) is 0 Å². The number of aliphatic hydroxyl groups is 3. The molecular formula is C13H18O7PS-. The second-order valence-corrected chi connectivity index (χ2v) is 7.84. The first-order valence-electron chi connectivity index (χ1n) is 6.68. The molecule has 7 nitrogen and oxygen atoms in total. The lowest BCUT2D eigenvalue weighted by molar-refractivity contribution is -0.232. The third kappa shape index (κ3) is 4.53. The summed E-state index contributed by atoms with van der Waals surface area (Å²) in [5.41, 5.74) is -0.574. The Labute approximate surface area is 132 Å². The molecule has 22 heavy (non-hydrogen) atoms. The molecule has 1 aromatic rings. The van der Waals surface area contributed by atoms with Crippen LogP contribution in [0, 0.1) is 0 Å². The Balaban J connectivity index is 1.94. The van der Waals surface area contributed by atoms with Gasteiger partial charge in [-0.25, -0.2) is 0 Å². The van der Waals surface area contributed by atoms with Gasteiger partial charge in [0.25, 0.3) is 7.82 Å². The average molecular weight is 349 g/mol. The van der Waals surface area contributed by atoms with Gasteiger partial charge in [-0.15, -0.1) is 11.8 Å². The van der Waals surface area contributed by atoms with Crippen molar-refractivity contribution in [3.63, 3.8) is 0 Å². The topological polar surface area (TPSA) is 119 Å². The Kier molecular flexibility index (Phi) is 6.04. The van der Waals surface area contributed by atoms with Crippen LogP contribution < -0.4 is 4.89 Å². The smallest absolute Gasteiger partial charge is 0.269 e. The predicted molar refractivity (Wildman–Crippen MR) is 78.8 cm³/mol. The van der Waals surface area contributed by atoms with Gasteiger partial charge in [0, 0.05) is 5.25 Å². The first-order chi connectivity index (χ1) is 10.3. The van der Waals surface area contributed by atoms with Crippen molar-refractivity contribution in [3.05, 3.63) is 35.9 Å². The summed E-state index contributed by atoms with van der Waals surface area (Å²) >= 11 is 0.920. The molecule has 1 saturated heterocycles. The summed E-state index contributed by atoms with van der Waals surface area (Å²) in [5, 5.41) is 28.6. The molecule has 3 N–H and O–H groups in total. The lowest BCUT2D eigenvalue weighted by Gasteiger charge is -2.40. The zero-order chi connectivity index (χ0) is 16.3. The molecular weight excluding hydrogens is 331 g/mol. The van der Waals surface area contributed by atoms with Crippen molar-refractivity contribution < 1.29 is 33.8 Å². The summed E-state index contributed by atoms with van der Waals surface area (Å²) in [6.45, 7) is 1.41. The van der Waals surface area contributed by atoms with E-state index in [1.807, 2.05) is 0 Å². The largest absolute Gasteiger partial charge is 0.756 e. The summed E-state index contributed by atoms with van der Waals surface area (Å²) in [5.74, 6) is 0. The van der Waals surface area contributed by atoms with Crippen molar-refractivity contribution >= 4 is 19.6 Å². The van der Waals surface area contributed by atoms with Crippen LogP contribution in [0.2, 0.25) is 0 Å². The van der Waals surface area contributed by atoms with Crippen molar-refractivity contribution in [1.82, 2.24) is 0 Å². The van der Waals surface area contributed by atoms with E-state index in [1.165, 1.54) is 0 Å². The van der Waals surface area contributed by atoms with Crippen LogP contribution in [0.1, 0.15) is 12.5 Å². The first kappa shape index (κ1) is 17.9. The maximum atomic E-state index is 11.8. The highest BCUT2D eigenvalue weighted by Crippen LogP contribution is 2.46. The predicted octanol–water partition coefficient (Wildman–Crippen LogP) is 0.232. The highest BCUT2D eigenvalue weighted by Gasteiger charge is 2.43. The van der Waals surface area contributed by atoms with Gasteiger partial charge in [-0.1, -0.05) is 37.3 Å². The molecule has 1 fully saturated rings. The average Bonchev–Trinajstić information content (AvgIpc) is 2.49. The molecule has 1 aliphatic rings. The van der Waals surface area contributed by atoms with Crippen LogP contribution in [0.25, 0.3) is 0 Å². The number of phosphoric acid groups is 1. The van der Waals surface area contributed by atoms with Gasteiger partial charge in [0.15, 0.2) is 0 Å². The lowest BCUT2D eigenvalue weighted by Crippen LogP contribution is -2.52. The quantitative estimate of drug-likeness (QED) is 0.647. The third-order valence-electron chi connectivity index (χ3n) is 3.27. The van der Waals surface area contributed by atoms with Crippen LogP contribution in [-0.4, -0.2) is 44.3 Å². The highest BCUT2D eigenvalue weighted by atomic mass is 32.2. The number of phosphoric ester groups is 1. The minimum absolute atomic E-state index is 0.185. The van der Waals surface area contributed by atoms with Crippen LogP contribution >= 0.6 is 19.6 Å². The molecule has 0 radical (unpaired) electrons. The Morgan fingerprint density at radius 3 is 2.45 bits per heavy atom. The van der Waals surface area contributed by atoms with Gasteiger partial charge in [-0.2, -0.15) is 0 Å². The Hall–Kier alpha value is -0.440. The van der Waals surface area contributed by atoms with E-state index in [2.05, 4.69) is 0 Å². The van der Waals surface area contributed by atoms with E-state index in [9.17, 15) is 24.8 Å². The van der Waals surface area contributed by atoms with E-state index in [-0.39, 0.29) is 6.61 Å². The van der Waals surface area contributed by atoms with Gasteiger partial charge < -0.3 is 29.3 Å². The van der Waals surface area contributed by atoms with Crippen molar-refractivity contribution in [2.24, 2.45) is 0 Å². The zero-order valence-corrected chi connectivity index (χ0v) is 13.5. The maximum Gasteiger partial charge on any atom is 0.269 e. The fourth-order valence-corrected chi connectivity index (χ4v) is 4.32. The van der Waals surface area contributed by atoms with Crippen LogP contribution in [0.15, 0.2) is 30.3 Å². The molecule has 2 rings (SSSR count). The molecule has 1 aliphatic heterocycles. The Morgan fingerprint density at radius 2 is 1.82 bits per heavy atom. The standard InChI is InChI=1S/C13H19O7PS/c1-8-10(14)11(15)12(16)13(22-8)20-21(17,18)19-7-9-5-3-2-4-6-9/h2-6,8,10-16H,7H2,1H3,(H,17,18)/p-1. The molecule has 0 amide bonds. The van der Waals surface area contributed by atoms with Gasteiger partial charge in [-0.3, -0.25) is 4.57 Å². The second-order valence-electron chi connectivity index (χ2n) is 4.99. The SMILES string of the molecule is CC1SC(OP(=O)([O-])OCc2ccccc2)C(O)C(O)C1O. The summed E-state index contributed by atoms with van der Waals surface area (Å²) < 4.78 is 21.4. The van der Waals surface area contributed by atoms with E-state index in [1.54, 1.807) is 37.3 Å². The number of aliphatic hydroxyl groups excluding tert-OH is 3. The molecule has 124 valence electrons. The van der Waals surface area contributed by atoms with Gasteiger partial charge in [0.1, 0.15) is 17.6 Å². The fourth-order valence-electron chi connectivity index (χ4n) is 1.99. The van der Waals surface area contributed by atoms with Crippen molar-refractivity contribution in [3.8, 4) is 0 Å². The molecule has 0 saturated carbocycles. The number of hydrogen-bond acceptors (Lipinski definition) is 8. The van der Waals surface area contributed by atoms with E-state index < -0.39 is 36.8 Å². The van der Waals surface area contributed by atoms with E-state index in [4.69, 9.17) is 9.05 Å². The number of benzene rings is 1.